The first kappa shape index (κ1) is 25.5. The third-order valence-electron chi connectivity index (χ3n) is 2.97. The van der Waals surface area contributed by atoms with Crippen LogP contribution in [0.2, 0.25) is 0 Å². The summed E-state index contributed by atoms with van der Waals surface area (Å²) >= 11 is 12.1. The topological polar surface area (TPSA) is 95.6 Å². The van der Waals surface area contributed by atoms with Gasteiger partial charge in [-0.25, -0.2) is 4.98 Å². The minimum absolute atomic E-state index is 0. The van der Waals surface area contributed by atoms with Crippen molar-refractivity contribution >= 4 is 58.0 Å². The fourth-order valence-electron chi connectivity index (χ4n) is 2.09. The third-order valence-corrected chi connectivity index (χ3v) is 3.06. The fraction of sp³-hybridized carbons (Fsp3) is 0. The zero-order chi connectivity index (χ0) is 19.9. The van der Waals surface area contributed by atoms with E-state index in [0.717, 1.165) is 22.4 Å². The van der Waals surface area contributed by atoms with Crippen molar-refractivity contribution in [1.29, 1.82) is 0 Å². The summed E-state index contributed by atoms with van der Waals surface area (Å²) in [5.74, 6) is 0.511. The van der Waals surface area contributed by atoms with Gasteiger partial charge in [-0.05, 0) is 36.5 Å². The van der Waals surface area contributed by atoms with E-state index in [2.05, 4.69) is 61.8 Å². The Kier molecular flexibility index (Phi) is 14.2. The van der Waals surface area contributed by atoms with E-state index in [4.69, 9.17) is 10.8 Å². The molecule has 0 saturated carbocycles. The van der Waals surface area contributed by atoms with Gasteiger partial charge in [0, 0.05) is 41.5 Å². The van der Waals surface area contributed by atoms with E-state index in [1.165, 1.54) is 10.3 Å². The molecule has 0 spiro atoms. The molecule has 0 radical (unpaired) electrons. The molecule has 3 aromatic rings. The number of aliphatic imine (C=N–C) groups is 1. The van der Waals surface area contributed by atoms with Crippen LogP contribution in [-0.2, 0) is 21.1 Å². The molecule has 0 fully saturated rings. The van der Waals surface area contributed by atoms with Crippen molar-refractivity contribution in [2.24, 2.45) is 4.99 Å². The van der Waals surface area contributed by atoms with E-state index in [9.17, 15) is 0 Å². The van der Waals surface area contributed by atoms with Crippen LogP contribution in [-0.4, -0.2) is 30.4 Å². The molecule has 140 valence electrons. The van der Waals surface area contributed by atoms with E-state index in [1.807, 2.05) is 36.4 Å². The molecule has 0 unspecified atom stereocenters. The Bertz CT molecular complexity index is 983. The summed E-state index contributed by atoms with van der Waals surface area (Å²) in [4.78, 5) is 16.9. The van der Waals surface area contributed by atoms with Crippen LogP contribution < -0.4 is 0 Å². The molecule has 3 heterocycles. The van der Waals surface area contributed by atoms with Gasteiger partial charge in [-0.15, -0.1) is 0 Å². The van der Waals surface area contributed by atoms with E-state index in [0.29, 0.717) is 5.82 Å². The standard InChI is InChI=1S/C16H10N4S.2CNS.Pt/c21-11-20-16-14(6-3-9-19-16)15-13(5-2-8-18-15)12-4-1-7-17-10-12;2*2-1-3;/h1-10H;;;/q;2*-1;+2. The molecule has 3 rings (SSSR count). The smallest absolute Gasteiger partial charge is 0.753 e. The van der Waals surface area contributed by atoms with Crippen LogP contribution in [0.25, 0.3) is 33.2 Å². The number of nitrogens with zero attached hydrogens (tertiary/aromatic N) is 6. The Balaban J connectivity index is 0.000000930. The van der Waals surface area contributed by atoms with Gasteiger partial charge in [0.2, 0.25) is 0 Å². The monoisotopic (exact) mass is 601 g/mol. The molecule has 0 saturated heterocycles. The van der Waals surface area contributed by atoms with Crippen LogP contribution in [0.3, 0.4) is 0 Å². The maximum Gasteiger partial charge on any atom is 2.00 e. The van der Waals surface area contributed by atoms with Crippen molar-refractivity contribution in [2.45, 2.75) is 0 Å². The third kappa shape index (κ3) is 8.05. The summed E-state index contributed by atoms with van der Waals surface area (Å²) in [6, 6.07) is 11.5. The van der Waals surface area contributed by atoms with E-state index < -0.39 is 0 Å². The number of rotatable bonds is 3. The summed E-state index contributed by atoms with van der Waals surface area (Å²) in [6.45, 7) is 0. The van der Waals surface area contributed by atoms with Crippen LogP contribution in [0, 0.1) is 0 Å². The average Bonchev–Trinajstić information content (AvgIpc) is 2.71. The summed E-state index contributed by atoms with van der Waals surface area (Å²) < 4.78 is 0. The van der Waals surface area contributed by atoms with Gasteiger partial charge in [-0.1, -0.05) is 36.6 Å². The predicted octanol–water partition coefficient (Wildman–Crippen LogP) is 5.25. The van der Waals surface area contributed by atoms with Crippen LogP contribution in [0.4, 0.5) is 5.82 Å². The zero-order valence-corrected chi connectivity index (χ0v) is 18.7. The minimum Gasteiger partial charge on any atom is -0.753 e. The van der Waals surface area contributed by atoms with Gasteiger partial charge in [-0.2, -0.15) is 15.3 Å². The molecule has 10 heteroatoms. The summed E-state index contributed by atoms with van der Waals surface area (Å²) in [7, 11) is 0. The molecule has 28 heavy (non-hydrogen) atoms. The SMILES string of the molecule is S=C=Nc1ncccc1-c1ncccc1-c1cccnc1.[N-]=C=S.[N-]=C=S.[Pt+2]. The zero-order valence-electron chi connectivity index (χ0n) is 14.0. The van der Waals surface area contributed by atoms with Gasteiger partial charge in [0.1, 0.15) is 0 Å². The molecule has 3 aromatic heterocycles. The van der Waals surface area contributed by atoms with Crippen LogP contribution in [0.15, 0.2) is 66.2 Å². The number of hydrogen-bond acceptors (Lipinski definition) is 7. The van der Waals surface area contributed by atoms with Crippen LogP contribution in [0.1, 0.15) is 0 Å². The Morgan fingerprint density at radius 1 is 0.821 bits per heavy atom. The van der Waals surface area contributed by atoms with Crippen molar-refractivity contribution in [1.82, 2.24) is 15.0 Å². The Hall–Kier alpha value is -2.46. The average molecular weight is 602 g/mol. The Labute approximate surface area is 192 Å². The number of pyridine rings is 3. The maximum atomic E-state index is 7.13. The second-order valence-corrected chi connectivity index (χ2v) is 4.95. The maximum absolute atomic E-state index is 7.13. The fourth-order valence-corrected chi connectivity index (χ4v) is 2.18. The van der Waals surface area contributed by atoms with E-state index in [-0.39, 0.29) is 21.1 Å². The first-order valence-corrected chi connectivity index (χ1v) is 8.37. The van der Waals surface area contributed by atoms with Crippen molar-refractivity contribution < 1.29 is 21.1 Å². The predicted molar refractivity (Wildman–Crippen MR) is 117 cm³/mol. The van der Waals surface area contributed by atoms with Crippen molar-refractivity contribution in [3.05, 3.63) is 72.0 Å². The number of hydrogen-bond donors (Lipinski definition) is 0. The molecule has 0 amide bonds. The molecule has 0 aliphatic carbocycles. The van der Waals surface area contributed by atoms with Gasteiger partial charge in [0.05, 0.1) is 10.9 Å². The first-order chi connectivity index (χ1) is 13.2. The van der Waals surface area contributed by atoms with Crippen molar-refractivity contribution in [2.75, 3.05) is 0 Å². The minimum atomic E-state index is 0. The van der Waals surface area contributed by atoms with Crippen LogP contribution in [0.5, 0.6) is 0 Å². The molecule has 0 aliphatic heterocycles. The summed E-state index contributed by atoms with van der Waals surface area (Å²) in [5.41, 5.74) is 3.57. The van der Waals surface area contributed by atoms with Crippen molar-refractivity contribution in [3.63, 3.8) is 0 Å². The number of isothiocyanates is 3. The molecule has 0 bridgehead atoms. The molecule has 0 N–H and O–H groups in total. The van der Waals surface area contributed by atoms with Gasteiger partial charge in [0.15, 0.2) is 5.82 Å². The van der Waals surface area contributed by atoms with E-state index in [1.54, 1.807) is 24.8 Å². The van der Waals surface area contributed by atoms with Gasteiger partial charge in [-0.3, -0.25) is 9.97 Å². The Morgan fingerprint density at radius 3 is 1.96 bits per heavy atom. The second kappa shape index (κ2) is 15.6. The van der Waals surface area contributed by atoms with Crippen LogP contribution >= 0.6 is 36.7 Å². The molecule has 0 aliphatic rings. The molecule has 6 nitrogen and oxygen atoms in total. The first-order valence-electron chi connectivity index (χ1n) is 7.14. The van der Waals surface area contributed by atoms with Gasteiger partial charge in [0.25, 0.3) is 0 Å². The van der Waals surface area contributed by atoms with E-state index >= 15 is 0 Å². The normalized spacial score (nSPS) is 8.00. The summed E-state index contributed by atoms with van der Waals surface area (Å²) in [5, 5.41) is 19.3. The second-order valence-electron chi connectivity index (χ2n) is 4.40. The number of aromatic nitrogens is 3. The molecule has 0 atom stereocenters. The number of thiocarbonyl (C=S) groups is 3. The molecular formula is C18H10N6PtS3. The molecular weight excluding hydrogens is 592 g/mol. The quantitative estimate of drug-likeness (QED) is 0.301. The van der Waals surface area contributed by atoms with Crippen molar-refractivity contribution in [3.8, 4) is 22.4 Å². The largest absolute Gasteiger partial charge is 2.00 e. The van der Waals surface area contributed by atoms with Gasteiger partial charge >= 0.3 is 21.1 Å². The van der Waals surface area contributed by atoms with Gasteiger partial charge < -0.3 is 10.8 Å². The summed E-state index contributed by atoms with van der Waals surface area (Å²) in [6.07, 6.45) is 6.96. The Morgan fingerprint density at radius 2 is 1.39 bits per heavy atom. The molecule has 0 aromatic carbocycles.